The fraction of sp³-hybridized carbons (Fsp3) is 0.583. The molecule has 198 valence electrons. The normalized spacial score (nSPS) is 25.1. The SMILES string of the molecule is CCS(=O)(=O)c1nc2c(n1C)CN([C@H]1CO[C@@](c3cc(F)ccc3F)(C(C)(C)C)[C@@H](OC(N)=O)C1)C2. The molecule has 2 aromatic rings. The Labute approximate surface area is 209 Å². The van der Waals surface area contributed by atoms with Crippen LogP contribution >= 0.6 is 0 Å². The van der Waals surface area contributed by atoms with Crippen molar-refractivity contribution in [2.75, 3.05) is 12.4 Å². The summed E-state index contributed by atoms with van der Waals surface area (Å²) in [5.74, 6) is -1.36. The quantitative estimate of drug-likeness (QED) is 0.637. The molecule has 0 unspecified atom stereocenters. The number of amides is 1. The van der Waals surface area contributed by atoms with Gasteiger partial charge in [-0.3, -0.25) is 4.90 Å². The Morgan fingerprint density at radius 1 is 1.31 bits per heavy atom. The molecule has 1 aromatic carbocycles. The topological polar surface area (TPSA) is 117 Å². The van der Waals surface area contributed by atoms with Crippen molar-refractivity contribution in [2.45, 2.75) is 70.1 Å². The predicted octanol–water partition coefficient (Wildman–Crippen LogP) is 3.00. The van der Waals surface area contributed by atoms with Gasteiger partial charge in [0.25, 0.3) is 0 Å². The maximum Gasteiger partial charge on any atom is 0.404 e. The molecule has 36 heavy (non-hydrogen) atoms. The Balaban J connectivity index is 1.67. The lowest BCUT2D eigenvalue weighted by atomic mass is 9.66. The molecule has 2 aliphatic rings. The van der Waals surface area contributed by atoms with E-state index in [0.29, 0.717) is 18.8 Å². The number of hydrogen-bond acceptors (Lipinski definition) is 7. The van der Waals surface area contributed by atoms with Crippen LogP contribution < -0.4 is 5.73 Å². The van der Waals surface area contributed by atoms with Gasteiger partial charge in [0.05, 0.1) is 23.7 Å². The fourth-order valence-corrected chi connectivity index (χ4v) is 6.49. The summed E-state index contributed by atoms with van der Waals surface area (Å²) < 4.78 is 67.6. The van der Waals surface area contributed by atoms with Crippen molar-refractivity contribution < 1.29 is 31.5 Å². The van der Waals surface area contributed by atoms with E-state index < -0.39 is 44.7 Å². The van der Waals surface area contributed by atoms with Crippen LogP contribution in [0.4, 0.5) is 13.6 Å². The summed E-state index contributed by atoms with van der Waals surface area (Å²) >= 11 is 0. The zero-order valence-corrected chi connectivity index (χ0v) is 21.9. The highest BCUT2D eigenvalue weighted by Gasteiger charge is 2.58. The summed E-state index contributed by atoms with van der Waals surface area (Å²) in [5, 5.41) is 0.0396. The van der Waals surface area contributed by atoms with Gasteiger partial charge in [0.2, 0.25) is 15.0 Å². The Morgan fingerprint density at radius 3 is 2.58 bits per heavy atom. The molecule has 0 saturated carbocycles. The molecule has 1 saturated heterocycles. The van der Waals surface area contributed by atoms with Gasteiger partial charge in [0.1, 0.15) is 23.3 Å². The highest BCUT2D eigenvalue weighted by molar-refractivity contribution is 7.91. The van der Waals surface area contributed by atoms with Crippen LogP contribution in [-0.2, 0) is 45.0 Å². The smallest absolute Gasteiger partial charge is 0.404 e. The molecule has 4 rings (SSSR count). The summed E-state index contributed by atoms with van der Waals surface area (Å²) in [6.45, 7) is 7.91. The van der Waals surface area contributed by atoms with Gasteiger partial charge in [-0.1, -0.05) is 27.7 Å². The lowest BCUT2D eigenvalue weighted by Gasteiger charge is -2.53. The van der Waals surface area contributed by atoms with Gasteiger partial charge >= 0.3 is 6.09 Å². The Kier molecular flexibility index (Phi) is 6.67. The second-order valence-electron chi connectivity index (χ2n) is 10.4. The van der Waals surface area contributed by atoms with E-state index in [0.717, 1.165) is 23.9 Å². The van der Waals surface area contributed by atoms with E-state index in [1.165, 1.54) is 0 Å². The number of carbonyl (C=O) groups excluding carboxylic acids is 1. The zero-order chi connectivity index (χ0) is 26.6. The first kappa shape index (κ1) is 26.5. The number of fused-ring (bicyclic) bond motifs is 1. The highest BCUT2D eigenvalue weighted by Crippen LogP contribution is 2.51. The van der Waals surface area contributed by atoms with Crippen molar-refractivity contribution >= 4 is 15.9 Å². The summed E-state index contributed by atoms with van der Waals surface area (Å²) in [6.07, 6.45) is -1.82. The largest absolute Gasteiger partial charge is 0.443 e. The average Bonchev–Trinajstić information content (AvgIpc) is 3.34. The van der Waals surface area contributed by atoms with E-state index in [4.69, 9.17) is 15.2 Å². The van der Waals surface area contributed by atoms with Crippen LogP contribution in [-0.4, -0.2) is 53.5 Å². The van der Waals surface area contributed by atoms with Crippen LogP contribution in [0.1, 0.15) is 51.1 Å². The number of halogens is 2. The number of nitrogens with two attached hydrogens (primary N) is 1. The second-order valence-corrected chi connectivity index (χ2v) is 12.6. The molecule has 0 bridgehead atoms. The van der Waals surface area contributed by atoms with Crippen molar-refractivity contribution in [3.8, 4) is 0 Å². The standard InChI is InChI=1S/C24H32F2N4O5S/c1-6-36(32,33)22-28-18-11-30(12-19(18)29(22)5)15-10-20(35-21(27)31)24(34-13-15,23(2,3)4)16-9-14(25)7-8-17(16)26/h7-9,15,20H,6,10-13H2,1-5H3,(H2,27,31)/t15-,20+,24-/m1/s1. The third kappa shape index (κ3) is 4.28. The van der Waals surface area contributed by atoms with Crippen LogP contribution in [0.5, 0.6) is 0 Å². The minimum atomic E-state index is -3.47. The molecular formula is C24H32F2N4O5S. The van der Waals surface area contributed by atoms with Crippen LogP contribution in [0.25, 0.3) is 0 Å². The fourth-order valence-electron chi connectivity index (χ4n) is 5.46. The molecule has 0 aliphatic carbocycles. The average molecular weight is 527 g/mol. The first-order valence-electron chi connectivity index (χ1n) is 11.8. The van der Waals surface area contributed by atoms with E-state index in [2.05, 4.69) is 4.98 Å². The highest BCUT2D eigenvalue weighted by atomic mass is 32.2. The van der Waals surface area contributed by atoms with Gasteiger partial charge in [0, 0.05) is 38.2 Å². The molecule has 12 heteroatoms. The number of aromatic nitrogens is 2. The van der Waals surface area contributed by atoms with Crippen molar-refractivity contribution in [2.24, 2.45) is 18.2 Å². The summed E-state index contributed by atoms with van der Waals surface area (Å²) in [7, 11) is -1.80. The summed E-state index contributed by atoms with van der Waals surface area (Å²) in [4.78, 5) is 18.4. The molecule has 2 aliphatic heterocycles. The maximum absolute atomic E-state index is 15.1. The second kappa shape index (κ2) is 9.07. The minimum Gasteiger partial charge on any atom is -0.443 e. The lowest BCUT2D eigenvalue weighted by Crippen LogP contribution is -2.61. The van der Waals surface area contributed by atoms with Crippen LogP contribution in [0.3, 0.4) is 0 Å². The van der Waals surface area contributed by atoms with Crippen LogP contribution in [0.15, 0.2) is 23.4 Å². The lowest BCUT2D eigenvalue weighted by molar-refractivity contribution is -0.231. The molecule has 1 amide bonds. The molecule has 9 nitrogen and oxygen atoms in total. The number of imidazole rings is 1. The van der Waals surface area contributed by atoms with Crippen molar-refractivity contribution in [3.63, 3.8) is 0 Å². The first-order chi connectivity index (χ1) is 16.7. The van der Waals surface area contributed by atoms with Gasteiger partial charge in [-0.2, -0.15) is 0 Å². The number of ether oxygens (including phenoxy) is 2. The zero-order valence-electron chi connectivity index (χ0n) is 21.0. The van der Waals surface area contributed by atoms with Gasteiger partial charge in [-0.15, -0.1) is 0 Å². The molecule has 1 fully saturated rings. The predicted molar refractivity (Wildman–Crippen MR) is 126 cm³/mol. The molecular weight excluding hydrogens is 494 g/mol. The summed E-state index contributed by atoms with van der Waals surface area (Å²) in [5.41, 5.74) is 4.48. The van der Waals surface area contributed by atoms with Gasteiger partial charge in [-0.25, -0.2) is 27.0 Å². The van der Waals surface area contributed by atoms with E-state index in [9.17, 15) is 17.6 Å². The van der Waals surface area contributed by atoms with Gasteiger partial charge in [0.15, 0.2) is 0 Å². The minimum absolute atomic E-state index is 0.0396. The summed E-state index contributed by atoms with van der Waals surface area (Å²) in [6, 6.07) is 2.84. The third-order valence-electron chi connectivity index (χ3n) is 7.28. The first-order valence-corrected chi connectivity index (χ1v) is 13.4. The molecule has 3 heterocycles. The number of carbonyl (C=O) groups is 1. The number of sulfone groups is 1. The number of hydrogen-bond donors (Lipinski definition) is 1. The molecule has 0 spiro atoms. The van der Waals surface area contributed by atoms with E-state index in [1.807, 2.05) is 4.90 Å². The van der Waals surface area contributed by atoms with Crippen LogP contribution in [0, 0.1) is 17.0 Å². The third-order valence-corrected chi connectivity index (χ3v) is 8.96. The number of benzene rings is 1. The van der Waals surface area contributed by atoms with Crippen molar-refractivity contribution in [1.82, 2.24) is 14.5 Å². The van der Waals surface area contributed by atoms with Crippen molar-refractivity contribution in [3.05, 3.63) is 46.8 Å². The number of rotatable bonds is 5. The van der Waals surface area contributed by atoms with Gasteiger partial charge < -0.3 is 19.8 Å². The Hall–Kier alpha value is -2.57. The number of primary amides is 1. The number of nitrogens with zero attached hydrogens (tertiary/aromatic N) is 3. The van der Waals surface area contributed by atoms with Crippen molar-refractivity contribution in [1.29, 1.82) is 0 Å². The molecule has 2 N–H and O–H groups in total. The molecule has 1 aromatic heterocycles. The molecule has 0 radical (unpaired) electrons. The Bertz CT molecular complexity index is 1290. The van der Waals surface area contributed by atoms with Gasteiger partial charge in [-0.05, 0) is 23.6 Å². The van der Waals surface area contributed by atoms with E-state index in [1.54, 1.807) is 39.3 Å². The van der Waals surface area contributed by atoms with Crippen LogP contribution in [0.2, 0.25) is 0 Å². The Morgan fingerprint density at radius 2 is 2.00 bits per heavy atom. The monoisotopic (exact) mass is 526 g/mol. The van der Waals surface area contributed by atoms with E-state index >= 15 is 4.39 Å². The maximum atomic E-state index is 15.1. The molecule has 3 atom stereocenters. The van der Waals surface area contributed by atoms with E-state index in [-0.39, 0.29) is 35.5 Å².